The van der Waals surface area contributed by atoms with Gasteiger partial charge < -0.3 is 14.6 Å². The van der Waals surface area contributed by atoms with Crippen LogP contribution in [0.1, 0.15) is 37.4 Å². The lowest BCUT2D eigenvalue weighted by Gasteiger charge is -2.24. The Labute approximate surface area is 120 Å². The van der Waals surface area contributed by atoms with E-state index < -0.39 is 0 Å². The molecule has 2 aromatic heterocycles. The predicted molar refractivity (Wildman–Crippen MR) is 81.8 cm³/mol. The molecule has 2 aromatic rings. The Hall–Kier alpha value is -1.81. The van der Waals surface area contributed by atoms with Gasteiger partial charge in [-0.2, -0.15) is 0 Å². The molecule has 2 heterocycles. The van der Waals surface area contributed by atoms with Gasteiger partial charge in [-0.25, -0.2) is 4.98 Å². The number of rotatable bonds is 7. The van der Waals surface area contributed by atoms with Crippen LogP contribution in [-0.2, 0) is 6.54 Å². The first kappa shape index (κ1) is 14.6. The predicted octanol–water partition coefficient (Wildman–Crippen LogP) is 3.37. The molecule has 108 valence electrons. The van der Waals surface area contributed by atoms with E-state index in [0.29, 0.717) is 6.04 Å². The van der Waals surface area contributed by atoms with Crippen LogP contribution in [0.5, 0.6) is 0 Å². The van der Waals surface area contributed by atoms with E-state index in [1.165, 1.54) is 5.56 Å². The van der Waals surface area contributed by atoms with Gasteiger partial charge in [0.25, 0.3) is 0 Å². The van der Waals surface area contributed by atoms with Crippen molar-refractivity contribution in [1.82, 2.24) is 10.3 Å². The number of nitrogens with zero attached hydrogens (tertiary/aromatic N) is 2. The molecule has 0 aromatic carbocycles. The van der Waals surface area contributed by atoms with Crippen molar-refractivity contribution in [2.45, 2.75) is 32.9 Å². The summed E-state index contributed by atoms with van der Waals surface area (Å²) < 4.78 is 5.12. The number of anilines is 1. The fourth-order valence-electron chi connectivity index (χ4n) is 2.27. The highest BCUT2D eigenvalue weighted by Gasteiger charge is 2.14. The lowest BCUT2D eigenvalue weighted by atomic mass is 10.1. The Kier molecular flexibility index (Phi) is 5.18. The molecule has 1 unspecified atom stereocenters. The highest BCUT2D eigenvalue weighted by atomic mass is 16.3. The lowest BCUT2D eigenvalue weighted by Crippen LogP contribution is -2.24. The van der Waals surface area contributed by atoms with Crippen LogP contribution in [0, 0.1) is 0 Å². The molecule has 4 nitrogen and oxygen atoms in total. The summed E-state index contributed by atoms with van der Waals surface area (Å²) in [5.41, 5.74) is 2.38. The van der Waals surface area contributed by atoms with E-state index in [-0.39, 0.29) is 0 Å². The summed E-state index contributed by atoms with van der Waals surface area (Å²) in [4.78, 5) is 6.70. The van der Waals surface area contributed by atoms with E-state index in [1.54, 1.807) is 12.5 Å². The SMILES string of the molecule is CCCNC(C)c1cccnc1N(C)Cc1ccoc1. The fourth-order valence-corrected chi connectivity index (χ4v) is 2.27. The van der Waals surface area contributed by atoms with Gasteiger partial charge in [-0.05, 0) is 32.0 Å². The second-order valence-corrected chi connectivity index (χ2v) is 5.08. The topological polar surface area (TPSA) is 41.3 Å². The molecule has 20 heavy (non-hydrogen) atoms. The Morgan fingerprint density at radius 3 is 2.95 bits per heavy atom. The molecule has 2 rings (SSSR count). The van der Waals surface area contributed by atoms with Crippen molar-refractivity contribution >= 4 is 5.82 Å². The van der Waals surface area contributed by atoms with Gasteiger partial charge in [-0.1, -0.05) is 13.0 Å². The highest BCUT2D eigenvalue weighted by molar-refractivity contribution is 5.48. The van der Waals surface area contributed by atoms with Crippen LogP contribution in [0.2, 0.25) is 0 Å². The fraction of sp³-hybridized carbons (Fsp3) is 0.438. The van der Waals surface area contributed by atoms with Crippen molar-refractivity contribution in [3.8, 4) is 0 Å². The van der Waals surface area contributed by atoms with Crippen LogP contribution in [-0.4, -0.2) is 18.6 Å². The molecule has 0 aliphatic heterocycles. The number of furan rings is 1. The molecular formula is C16H23N3O. The smallest absolute Gasteiger partial charge is 0.133 e. The van der Waals surface area contributed by atoms with E-state index in [9.17, 15) is 0 Å². The summed E-state index contributed by atoms with van der Waals surface area (Å²) in [7, 11) is 2.06. The zero-order chi connectivity index (χ0) is 14.4. The van der Waals surface area contributed by atoms with Crippen molar-refractivity contribution in [2.75, 3.05) is 18.5 Å². The van der Waals surface area contributed by atoms with Gasteiger partial charge in [-0.15, -0.1) is 0 Å². The maximum Gasteiger partial charge on any atom is 0.133 e. The first-order chi connectivity index (χ1) is 9.72. The van der Waals surface area contributed by atoms with Gasteiger partial charge in [0.2, 0.25) is 0 Å². The molecular weight excluding hydrogens is 250 g/mol. The van der Waals surface area contributed by atoms with Crippen LogP contribution in [0.3, 0.4) is 0 Å². The molecule has 0 aliphatic rings. The molecule has 0 radical (unpaired) electrons. The van der Waals surface area contributed by atoms with Gasteiger partial charge >= 0.3 is 0 Å². The van der Waals surface area contributed by atoms with Gasteiger partial charge in [0.1, 0.15) is 5.82 Å². The van der Waals surface area contributed by atoms with E-state index >= 15 is 0 Å². The average molecular weight is 273 g/mol. The number of hydrogen-bond acceptors (Lipinski definition) is 4. The Morgan fingerprint density at radius 2 is 2.25 bits per heavy atom. The number of aromatic nitrogens is 1. The number of hydrogen-bond donors (Lipinski definition) is 1. The maximum atomic E-state index is 5.12. The standard InChI is InChI=1S/C16H23N3O/c1-4-8-17-13(2)15-6-5-9-18-16(15)19(3)11-14-7-10-20-12-14/h5-7,9-10,12-13,17H,4,8,11H2,1-3H3. The summed E-state index contributed by atoms with van der Waals surface area (Å²) >= 11 is 0. The minimum atomic E-state index is 0.297. The summed E-state index contributed by atoms with van der Waals surface area (Å²) in [6, 6.07) is 6.42. The Bertz CT molecular complexity index is 510. The molecule has 0 amide bonds. The molecule has 0 bridgehead atoms. The zero-order valence-electron chi connectivity index (χ0n) is 12.5. The maximum absolute atomic E-state index is 5.12. The van der Waals surface area contributed by atoms with E-state index in [4.69, 9.17) is 4.42 Å². The summed E-state index contributed by atoms with van der Waals surface area (Å²) in [5, 5.41) is 3.52. The average Bonchev–Trinajstić information content (AvgIpc) is 2.97. The number of pyridine rings is 1. The largest absolute Gasteiger partial charge is 0.472 e. The van der Waals surface area contributed by atoms with Gasteiger partial charge in [0.05, 0.1) is 12.5 Å². The van der Waals surface area contributed by atoms with Crippen molar-refractivity contribution in [2.24, 2.45) is 0 Å². The summed E-state index contributed by atoms with van der Waals surface area (Å²) in [5.74, 6) is 1.02. The molecule has 4 heteroatoms. The molecule has 1 atom stereocenters. The third-order valence-corrected chi connectivity index (χ3v) is 3.35. The molecule has 0 saturated carbocycles. The normalized spacial score (nSPS) is 12.3. The third-order valence-electron chi connectivity index (χ3n) is 3.35. The molecule has 0 fully saturated rings. The minimum Gasteiger partial charge on any atom is -0.472 e. The van der Waals surface area contributed by atoms with Crippen LogP contribution in [0.25, 0.3) is 0 Å². The highest BCUT2D eigenvalue weighted by Crippen LogP contribution is 2.24. The van der Waals surface area contributed by atoms with Gasteiger partial charge in [0.15, 0.2) is 0 Å². The summed E-state index contributed by atoms with van der Waals surface area (Å²) in [6.07, 6.45) is 6.45. The minimum absolute atomic E-state index is 0.297. The van der Waals surface area contributed by atoms with E-state index in [2.05, 4.69) is 42.2 Å². The Morgan fingerprint density at radius 1 is 1.40 bits per heavy atom. The monoisotopic (exact) mass is 273 g/mol. The van der Waals surface area contributed by atoms with Crippen LogP contribution in [0.4, 0.5) is 5.82 Å². The van der Waals surface area contributed by atoms with Crippen LogP contribution < -0.4 is 10.2 Å². The second-order valence-electron chi connectivity index (χ2n) is 5.08. The van der Waals surface area contributed by atoms with E-state index in [1.807, 2.05) is 18.3 Å². The molecule has 0 spiro atoms. The first-order valence-electron chi connectivity index (χ1n) is 7.13. The van der Waals surface area contributed by atoms with Gasteiger partial charge in [-0.3, -0.25) is 0 Å². The third kappa shape index (κ3) is 3.61. The van der Waals surface area contributed by atoms with Crippen molar-refractivity contribution in [3.05, 3.63) is 48.0 Å². The zero-order valence-corrected chi connectivity index (χ0v) is 12.5. The van der Waals surface area contributed by atoms with Gasteiger partial charge in [0, 0.05) is 37.0 Å². The van der Waals surface area contributed by atoms with Crippen LogP contribution >= 0.6 is 0 Å². The number of nitrogens with one attached hydrogen (secondary N) is 1. The van der Waals surface area contributed by atoms with Crippen molar-refractivity contribution < 1.29 is 4.42 Å². The summed E-state index contributed by atoms with van der Waals surface area (Å²) in [6.45, 7) is 6.17. The lowest BCUT2D eigenvalue weighted by molar-refractivity contribution is 0.562. The first-order valence-corrected chi connectivity index (χ1v) is 7.13. The second kappa shape index (κ2) is 7.10. The van der Waals surface area contributed by atoms with Crippen LogP contribution in [0.15, 0.2) is 41.3 Å². The Balaban J connectivity index is 2.14. The molecule has 1 N–H and O–H groups in total. The van der Waals surface area contributed by atoms with E-state index in [0.717, 1.165) is 30.9 Å². The quantitative estimate of drug-likeness (QED) is 0.839. The van der Waals surface area contributed by atoms with Crippen molar-refractivity contribution in [1.29, 1.82) is 0 Å². The molecule has 0 aliphatic carbocycles. The van der Waals surface area contributed by atoms with Crippen molar-refractivity contribution in [3.63, 3.8) is 0 Å². The molecule has 0 saturated heterocycles.